The van der Waals surface area contributed by atoms with E-state index in [1.807, 2.05) is 0 Å². The van der Waals surface area contributed by atoms with E-state index in [1.54, 1.807) is 24.3 Å². The summed E-state index contributed by atoms with van der Waals surface area (Å²) in [6.07, 6.45) is 1.41. The quantitative estimate of drug-likeness (QED) is 0.710. The summed E-state index contributed by atoms with van der Waals surface area (Å²) in [5.41, 5.74) is 1.16. The minimum atomic E-state index is -0.197. The highest BCUT2D eigenvalue weighted by Gasteiger charge is 2.23. The van der Waals surface area contributed by atoms with Crippen LogP contribution in [0, 0.1) is 0 Å². The van der Waals surface area contributed by atoms with E-state index in [0.29, 0.717) is 50.8 Å². The van der Waals surface area contributed by atoms with E-state index < -0.39 is 0 Å². The molecule has 0 aliphatic carbocycles. The lowest BCUT2D eigenvalue weighted by molar-refractivity contribution is 0.173. The van der Waals surface area contributed by atoms with Crippen LogP contribution < -0.4 is 29.1 Å². The minimum Gasteiger partial charge on any atom is -0.496 e. The van der Waals surface area contributed by atoms with Gasteiger partial charge >= 0.3 is 0 Å². The first-order valence-electron chi connectivity index (χ1n) is 7.58. The zero-order valence-electron chi connectivity index (χ0n) is 13.2. The van der Waals surface area contributed by atoms with Crippen molar-refractivity contribution in [2.45, 2.75) is 0 Å². The molecular formula is C18H12O7. The van der Waals surface area contributed by atoms with Gasteiger partial charge in [0, 0.05) is 17.7 Å². The van der Waals surface area contributed by atoms with E-state index >= 15 is 0 Å². The van der Waals surface area contributed by atoms with Gasteiger partial charge in [-0.25, -0.2) is 0 Å². The van der Waals surface area contributed by atoms with Gasteiger partial charge in [0.05, 0.1) is 18.1 Å². The molecule has 0 saturated heterocycles. The Kier molecular flexibility index (Phi) is 2.85. The molecule has 3 heterocycles. The molecule has 0 saturated carbocycles. The summed E-state index contributed by atoms with van der Waals surface area (Å²) in [4.78, 5) is 13.0. The Morgan fingerprint density at radius 1 is 0.840 bits per heavy atom. The van der Waals surface area contributed by atoms with Crippen LogP contribution in [0.3, 0.4) is 0 Å². The van der Waals surface area contributed by atoms with Gasteiger partial charge in [0.2, 0.25) is 19.0 Å². The van der Waals surface area contributed by atoms with Crippen LogP contribution in [0.15, 0.2) is 39.7 Å². The predicted molar refractivity (Wildman–Crippen MR) is 86.7 cm³/mol. The second kappa shape index (κ2) is 5.07. The van der Waals surface area contributed by atoms with E-state index in [9.17, 15) is 4.79 Å². The molecule has 0 radical (unpaired) electrons. The molecule has 25 heavy (non-hydrogen) atoms. The smallest absolute Gasteiger partial charge is 0.231 e. The summed E-state index contributed by atoms with van der Waals surface area (Å²) < 4.78 is 32.5. The first-order chi connectivity index (χ1) is 12.2. The first-order valence-corrected chi connectivity index (χ1v) is 7.58. The Labute approximate surface area is 141 Å². The average Bonchev–Trinajstić information content (AvgIpc) is 3.27. The number of benzene rings is 2. The van der Waals surface area contributed by atoms with Gasteiger partial charge < -0.3 is 28.1 Å². The van der Waals surface area contributed by atoms with Crippen LogP contribution in [0.2, 0.25) is 0 Å². The summed E-state index contributed by atoms with van der Waals surface area (Å²) in [5, 5.41) is 0.404. The molecule has 5 rings (SSSR count). The van der Waals surface area contributed by atoms with Crippen molar-refractivity contribution in [1.29, 1.82) is 0 Å². The molecular weight excluding hydrogens is 328 g/mol. The first kappa shape index (κ1) is 14.0. The standard InChI is InChI=1S/C18H12O7/c1-20-12-4-16-14(22-7-24-16)2-9(12)11-6-21-13-5-17-15(23-8-25-17)3-10(13)18(11)19/h2-6H,7-8H2,1H3. The lowest BCUT2D eigenvalue weighted by Gasteiger charge is -2.10. The fourth-order valence-electron chi connectivity index (χ4n) is 3.01. The lowest BCUT2D eigenvalue weighted by Crippen LogP contribution is -2.05. The maximum Gasteiger partial charge on any atom is 0.231 e. The summed E-state index contributed by atoms with van der Waals surface area (Å²) in [6, 6.07) is 6.69. The van der Waals surface area contributed by atoms with Gasteiger partial charge in [0.25, 0.3) is 0 Å². The SMILES string of the molecule is COc1cc2c(cc1-c1coc3cc4c(cc3c1=O)OCO4)OCO2. The van der Waals surface area contributed by atoms with Gasteiger partial charge in [-0.3, -0.25) is 4.79 Å². The van der Waals surface area contributed by atoms with E-state index in [1.165, 1.54) is 13.4 Å². The molecule has 2 aromatic carbocycles. The molecule has 0 atom stereocenters. The summed E-state index contributed by atoms with van der Waals surface area (Å²) >= 11 is 0. The van der Waals surface area contributed by atoms with Crippen molar-refractivity contribution in [1.82, 2.24) is 0 Å². The highest BCUT2D eigenvalue weighted by molar-refractivity contribution is 5.86. The molecule has 0 unspecified atom stereocenters. The molecule has 7 nitrogen and oxygen atoms in total. The molecule has 0 amide bonds. The zero-order valence-corrected chi connectivity index (χ0v) is 13.2. The molecule has 2 aliphatic heterocycles. The number of rotatable bonds is 2. The van der Waals surface area contributed by atoms with Crippen LogP contribution in [0.5, 0.6) is 28.7 Å². The van der Waals surface area contributed by atoms with Crippen molar-refractivity contribution in [2.75, 3.05) is 20.7 Å². The maximum absolute atomic E-state index is 13.0. The van der Waals surface area contributed by atoms with Crippen molar-refractivity contribution in [2.24, 2.45) is 0 Å². The summed E-state index contributed by atoms with van der Waals surface area (Å²) in [6.45, 7) is 0.264. The number of fused-ring (bicyclic) bond motifs is 3. The van der Waals surface area contributed by atoms with E-state index in [4.69, 9.17) is 28.1 Å². The van der Waals surface area contributed by atoms with E-state index in [2.05, 4.69) is 0 Å². The molecule has 126 valence electrons. The van der Waals surface area contributed by atoms with Crippen molar-refractivity contribution >= 4 is 11.0 Å². The Morgan fingerprint density at radius 3 is 2.20 bits per heavy atom. The lowest BCUT2D eigenvalue weighted by atomic mass is 10.0. The number of hydrogen-bond acceptors (Lipinski definition) is 7. The third-order valence-corrected chi connectivity index (χ3v) is 4.25. The van der Waals surface area contributed by atoms with Gasteiger partial charge in [0.1, 0.15) is 17.6 Å². The molecule has 0 fully saturated rings. The highest BCUT2D eigenvalue weighted by atomic mass is 16.7. The Morgan fingerprint density at radius 2 is 1.48 bits per heavy atom. The maximum atomic E-state index is 13.0. The van der Waals surface area contributed by atoms with Crippen LogP contribution in [0.4, 0.5) is 0 Å². The Balaban J connectivity index is 1.75. The van der Waals surface area contributed by atoms with E-state index in [0.717, 1.165) is 0 Å². The monoisotopic (exact) mass is 340 g/mol. The van der Waals surface area contributed by atoms with Crippen LogP contribution in [-0.4, -0.2) is 20.7 Å². The summed E-state index contributed by atoms with van der Waals surface area (Å²) in [7, 11) is 1.53. The molecule has 0 N–H and O–H groups in total. The molecule has 3 aromatic rings. The van der Waals surface area contributed by atoms with Gasteiger partial charge in [-0.2, -0.15) is 0 Å². The normalized spacial score (nSPS) is 14.1. The van der Waals surface area contributed by atoms with E-state index in [-0.39, 0.29) is 19.0 Å². The molecule has 0 bridgehead atoms. The zero-order chi connectivity index (χ0) is 17.0. The number of ether oxygens (including phenoxy) is 5. The highest BCUT2D eigenvalue weighted by Crippen LogP contribution is 2.42. The average molecular weight is 340 g/mol. The van der Waals surface area contributed by atoms with Gasteiger partial charge in [-0.1, -0.05) is 0 Å². The molecule has 0 spiro atoms. The number of hydrogen-bond donors (Lipinski definition) is 0. The van der Waals surface area contributed by atoms with Crippen LogP contribution in [0.1, 0.15) is 0 Å². The van der Waals surface area contributed by atoms with Crippen molar-refractivity contribution < 1.29 is 28.1 Å². The van der Waals surface area contributed by atoms with Crippen LogP contribution >= 0.6 is 0 Å². The predicted octanol–water partition coefficient (Wildman–Crippen LogP) is 2.93. The second-order valence-electron chi connectivity index (χ2n) is 5.59. The third kappa shape index (κ3) is 2.02. The fraction of sp³-hybridized carbons (Fsp3) is 0.167. The minimum absolute atomic E-state index is 0.128. The fourth-order valence-corrected chi connectivity index (χ4v) is 3.01. The van der Waals surface area contributed by atoms with Crippen molar-refractivity contribution in [3.05, 3.63) is 40.8 Å². The molecule has 1 aromatic heterocycles. The van der Waals surface area contributed by atoms with Gasteiger partial charge in [0.15, 0.2) is 23.0 Å². The summed E-state index contributed by atoms with van der Waals surface area (Å²) in [5.74, 6) is 2.71. The van der Waals surface area contributed by atoms with Gasteiger partial charge in [-0.05, 0) is 12.1 Å². The van der Waals surface area contributed by atoms with Crippen LogP contribution in [-0.2, 0) is 0 Å². The third-order valence-electron chi connectivity index (χ3n) is 4.25. The Hall–Kier alpha value is -3.35. The van der Waals surface area contributed by atoms with Crippen molar-refractivity contribution in [3.63, 3.8) is 0 Å². The molecule has 2 aliphatic rings. The Bertz CT molecular complexity index is 1070. The number of methoxy groups -OCH3 is 1. The van der Waals surface area contributed by atoms with Gasteiger partial charge in [-0.15, -0.1) is 0 Å². The van der Waals surface area contributed by atoms with Crippen molar-refractivity contribution in [3.8, 4) is 39.9 Å². The molecule has 7 heteroatoms. The van der Waals surface area contributed by atoms with Crippen LogP contribution in [0.25, 0.3) is 22.1 Å². The topological polar surface area (TPSA) is 76.4 Å². The second-order valence-corrected chi connectivity index (χ2v) is 5.59. The largest absolute Gasteiger partial charge is 0.496 e.